The fraction of sp³-hybridized carbons (Fsp3) is 0.562. The van der Waals surface area contributed by atoms with Gasteiger partial charge < -0.3 is 15.4 Å². The molecule has 2 heterocycles. The average Bonchev–Trinajstić information content (AvgIpc) is 3.00. The van der Waals surface area contributed by atoms with Gasteiger partial charge in [-0.3, -0.25) is 9.39 Å². The van der Waals surface area contributed by atoms with E-state index in [1.54, 1.807) is 7.05 Å². The van der Waals surface area contributed by atoms with Crippen LogP contribution in [0, 0.1) is 0 Å². The molecular formula is C16H26N6O. The van der Waals surface area contributed by atoms with Crippen LogP contribution in [-0.4, -0.2) is 53.9 Å². The van der Waals surface area contributed by atoms with Crippen molar-refractivity contribution in [2.75, 3.05) is 33.4 Å². The number of rotatable bonds is 9. The zero-order valence-electron chi connectivity index (χ0n) is 14.0. The largest absolute Gasteiger partial charge is 0.382 e. The number of fused-ring (bicyclic) bond motifs is 1. The zero-order valence-corrected chi connectivity index (χ0v) is 14.0. The van der Waals surface area contributed by atoms with E-state index in [1.165, 1.54) is 0 Å². The van der Waals surface area contributed by atoms with E-state index in [0.29, 0.717) is 0 Å². The fourth-order valence-corrected chi connectivity index (χ4v) is 2.26. The van der Waals surface area contributed by atoms with E-state index in [0.717, 1.165) is 63.0 Å². The predicted octanol–water partition coefficient (Wildman–Crippen LogP) is 1.25. The molecule has 7 heteroatoms. The molecule has 0 fully saturated rings. The lowest BCUT2D eigenvalue weighted by atomic mass is 10.3. The van der Waals surface area contributed by atoms with E-state index >= 15 is 0 Å². The van der Waals surface area contributed by atoms with Crippen LogP contribution in [0.15, 0.2) is 29.4 Å². The van der Waals surface area contributed by atoms with Gasteiger partial charge in [-0.2, -0.15) is 0 Å². The third-order valence-corrected chi connectivity index (χ3v) is 3.44. The molecule has 0 amide bonds. The first-order chi connectivity index (χ1) is 11.3. The molecule has 23 heavy (non-hydrogen) atoms. The molecule has 0 aromatic carbocycles. The van der Waals surface area contributed by atoms with Gasteiger partial charge in [0.25, 0.3) is 0 Å². The number of guanidine groups is 1. The zero-order chi connectivity index (χ0) is 16.3. The summed E-state index contributed by atoms with van der Waals surface area (Å²) < 4.78 is 7.34. The third kappa shape index (κ3) is 5.52. The Kier molecular flexibility index (Phi) is 7.32. The van der Waals surface area contributed by atoms with E-state index in [9.17, 15) is 0 Å². The van der Waals surface area contributed by atoms with E-state index in [2.05, 4.69) is 25.8 Å². The molecule has 2 aromatic heterocycles. The Labute approximate surface area is 137 Å². The van der Waals surface area contributed by atoms with Gasteiger partial charge in [-0.25, -0.2) is 0 Å². The average molecular weight is 318 g/mol. The number of nitrogens with zero attached hydrogens (tertiary/aromatic N) is 4. The second-order valence-corrected chi connectivity index (χ2v) is 5.12. The van der Waals surface area contributed by atoms with Gasteiger partial charge in [0.05, 0.1) is 0 Å². The molecule has 0 saturated carbocycles. The molecule has 0 bridgehead atoms. The number of hydrogen-bond acceptors (Lipinski definition) is 4. The summed E-state index contributed by atoms with van der Waals surface area (Å²) in [7, 11) is 1.78. The van der Waals surface area contributed by atoms with Crippen LogP contribution in [0.1, 0.15) is 25.6 Å². The van der Waals surface area contributed by atoms with Crippen molar-refractivity contribution in [2.45, 2.75) is 26.2 Å². The van der Waals surface area contributed by atoms with Crippen LogP contribution in [0.25, 0.3) is 5.65 Å². The minimum Gasteiger partial charge on any atom is -0.382 e. The summed E-state index contributed by atoms with van der Waals surface area (Å²) in [6.45, 7) is 5.25. The van der Waals surface area contributed by atoms with Crippen LogP contribution in [0.2, 0.25) is 0 Å². The molecule has 7 nitrogen and oxygen atoms in total. The smallest absolute Gasteiger partial charge is 0.190 e. The van der Waals surface area contributed by atoms with Crippen LogP contribution < -0.4 is 10.6 Å². The summed E-state index contributed by atoms with van der Waals surface area (Å²) in [5, 5.41) is 15.0. The van der Waals surface area contributed by atoms with Gasteiger partial charge in [0.2, 0.25) is 0 Å². The molecule has 2 N–H and O–H groups in total. The lowest BCUT2D eigenvalue weighted by molar-refractivity contribution is 0.145. The highest BCUT2D eigenvalue weighted by Gasteiger charge is 2.04. The molecule has 0 atom stereocenters. The first kappa shape index (κ1) is 17.2. The van der Waals surface area contributed by atoms with Gasteiger partial charge in [-0.15, -0.1) is 10.2 Å². The molecule has 0 saturated heterocycles. The maximum Gasteiger partial charge on any atom is 0.190 e. The van der Waals surface area contributed by atoms with E-state index < -0.39 is 0 Å². The second-order valence-electron chi connectivity index (χ2n) is 5.12. The van der Waals surface area contributed by atoms with Crippen molar-refractivity contribution in [3.05, 3.63) is 30.2 Å². The fourth-order valence-electron chi connectivity index (χ4n) is 2.26. The quantitative estimate of drug-likeness (QED) is 0.413. The minimum atomic E-state index is 0.768. The first-order valence-corrected chi connectivity index (χ1v) is 8.16. The number of hydrogen-bond donors (Lipinski definition) is 2. The maximum absolute atomic E-state index is 5.31. The van der Waals surface area contributed by atoms with Crippen LogP contribution in [0.5, 0.6) is 0 Å². The molecule has 0 radical (unpaired) electrons. The number of aromatic nitrogens is 3. The van der Waals surface area contributed by atoms with Crippen LogP contribution in [0.4, 0.5) is 0 Å². The van der Waals surface area contributed by atoms with Crippen molar-refractivity contribution >= 4 is 11.6 Å². The SMILES string of the molecule is CCOCCCNC(=NC)NCCCc1nnc2ccccn12. The summed E-state index contributed by atoms with van der Waals surface area (Å²) >= 11 is 0. The molecule has 0 aliphatic heterocycles. The van der Waals surface area contributed by atoms with Gasteiger partial charge in [0.15, 0.2) is 11.6 Å². The molecule has 126 valence electrons. The van der Waals surface area contributed by atoms with Gasteiger partial charge >= 0.3 is 0 Å². The Morgan fingerprint density at radius 1 is 1.22 bits per heavy atom. The molecule has 0 spiro atoms. The number of aryl methyl sites for hydroxylation is 1. The Bertz CT molecular complexity index is 609. The van der Waals surface area contributed by atoms with Gasteiger partial charge in [-0.05, 0) is 31.9 Å². The molecule has 2 aromatic rings. The highest BCUT2D eigenvalue weighted by Crippen LogP contribution is 2.04. The van der Waals surface area contributed by atoms with E-state index in [4.69, 9.17) is 4.74 Å². The summed E-state index contributed by atoms with van der Waals surface area (Å²) in [5.41, 5.74) is 0.891. The van der Waals surface area contributed by atoms with Crippen molar-refractivity contribution in [3.8, 4) is 0 Å². The van der Waals surface area contributed by atoms with Crippen LogP contribution >= 0.6 is 0 Å². The van der Waals surface area contributed by atoms with Gasteiger partial charge in [0.1, 0.15) is 5.82 Å². The highest BCUT2D eigenvalue weighted by atomic mass is 16.5. The van der Waals surface area contributed by atoms with E-state index in [1.807, 2.05) is 35.7 Å². The summed E-state index contributed by atoms with van der Waals surface area (Å²) in [6, 6.07) is 5.92. The Balaban J connectivity index is 1.65. The van der Waals surface area contributed by atoms with Crippen molar-refractivity contribution in [1.82, 2.24) is 25.2 Å². The lowest BCUT2D eigenvalue weighted by Crippen LogP contribution is -2.38. The topological polar surface area (TPSA) is 75.8 Å². The Morgan fingerprint density at radius 3 is 2.83 bits per heavy atom. The van der Waals surface area contributed by atoms with Crippen molar-refractivity contribution in [1.29, 1.82) is 0 Å². The van der Waals surface area contributed by atoms with Gasteiger partial charge in [-0.1, -0.05) is 6.07 Å². The van der Waals surface area contributed by atoms with Crippen LogP contribution in [-0.2, 0) is 11.2 Å². The van der Waals surface area contributed by atoms with Crippen molar-refractivity contribution in [3.63, 3.8) is 0 Å². The highest BCUT2D eigenvalue weighted by molar-refractivity contribution is 5.79. The summed E-state index contributed by atoms with van der Waals surface area (Å²) in [4.78, 5) is 4.21. The summed E-state index contributed by atoms with van der Waals surface area (Å²) in [6.07, 6.45) is 4.81. The standard InChI is InChI=1S/C16H26N6O/c1-3-23-13-7-11-19-16(17-2)18-10-6-9-15-21-20-14-8-4-5-12-22(14)15/h4-5,8,12H,3,6-7,9-11,13H2,1-2H3,(H2,17,18,19). The monoisotopic (exact) mass is 318 g/mol. The predicted molar refractivity (Wildman–Crippen MR) is 91.8 cm³/mol. The second kappa shape index (κ2) is 9.78. The molecular weight excluding hydrogens is 292 g/mol. The third-order valence-electron chi connectivity index (χ3n) is 3.44. The number of aliphatic imine (C=N–C) groups is 1. The number of nitrogens with one attached hydrogen (secondary N) is 2. The molecule has 2 rings (SSSR count). The first-order valence-electron chi connectivity index (χ1n) is 8.16. The Morgan fingerprint density at radius 2 is 2.04 bits per heavy atom. The normalized spacial score (nSPS) is 11.8. The van der Waals surface area contributed by atoms with Crippen molar-refractivity contribution in [2.24, 2.45) is 4.99 Å². The number of ether oxygens (including phenoxy) is 1. The molecule has 0 aliphatic rings. The molecule has 0 unspecified atom stereocenters. The maximum atomic E-state index is 5.31. The lowest BCUT2D eigenvalue weighted by Gasteiger charge is -2.11. The van der Waals surface area contributed by atoms with E-state index in [-0.39, 0.29) is 0 Å². The minimum absolute atomic E-state index is 0.768. The summed E-state index contributed by atoms with van der Waals surface area (Å²) in [5.74, 6) is 1.81. The molecule has 0 aliphatic carbocycles. The van der Waals surface area contributed by atoms with Crippen molar-refractivity contribution < 1.29 is 4.74 Å². The van der Waals surface area contributed by atoms with Crippen LogP contribution in [0.3, 0.4) is 0 Å². The number of pyridine rings is 1. The Hall–Kier alpha value is -2.15. The van der Waals surface area contributed by atoms with Gasteiger partial charge in [0, 0.05) is 46.0 Å².